The molecular weight excluding hydrogens is 172 g/mol. The molecule has 1 rings (SSSR count). The second-order valence-corrected chi connectivity index (χ2v) is 3.57. The van der Waals surface area contributed by atoms with Crippen molar-refractivity contribution in [3.05, 3.63) is 0 Å². The highest BCUT2D eigenvalue weighted by molar-refractivity contribution is 4.78. The van der Waals surface area contributed by atoms with Gasteiger partial charge in [-0.05, 0) is 24.7 Å². The van der Waals surface area contributed by atoms with Gasteiger partial charge in [0.25, 0.3) is 0 Å². The largest absolute Gasteiger partial charge is 0.393 e. The zero-order valence-corrected chi connectivity index (χ0v) is 11.0. The average molecular weight is 202 g/mol. The first-order chi connectivity index (χ1) is 6.75. The van der Waals surface area contributed by atoms with Crippen molar-refractivity contribution in [3.8, 4) is 0 Å². The summed E-state index contributed by atoms with van der Waals surface area (Å²) in [7, 11) is 0. The average Bonchev–Trinajstić information content (AvgIpc) is 2.28. The third-order valence-electron chi connectivity index (χ3n) is 2.82. The van der Waals surface area contributed by atoms with Crippen molar-refractivity contribution in [1.82, 2.24) is 0 Å². The number of aliphatic hydroxyl groups excluding tert-OH is 1. The number of rotatable bonds is 1. The van der Waals surface area contributed by atoms with Gasteiger partial charge in [-0.25, -0.2) is 0 Å². The summed E-state index contributed by atoms with van der Waals surface area (Å²) in [5.41, 5.74) is 0. The van der Waals surface area contributed by atoms with Crippen LogP contribution < -0.4 is 0 Å². The molecule has 1 aliphatic carbocycles. The molecule has 0 aromatic carbocycles. The summed E-state index contributed by atoms with van der Waals surface area (Å²) in [4.78, 5) is 0. The van der Waals surface area contributed by atoms with E-state index in [0.717, 1.165) is 6.42 Å². The molecule has 0 amide bonds. The molecule has 0 spiro atoms. The van der Waals surface area contributed by atoms with Crippen LogP contribution in [0.15, 0.2) is 0 Å². The van der Waals surface area contributed by atoms with Crippen LogP contribution in [0, 0.1) is 11.8 Å². The summed E-state index contributed by atoms with van der Waals surface area (Å²) in [5.74, 6) is 1.13. The predicted octanol–water partition coefficient (Wildman–Crippen LogP) is 4.25. The molecule has 0 bridgehead atoms. The SMILES string of the molecule is CC.CC.CCC1CCCC(C)C1O. The molecule has 1 heteroatoms. The molecule has 0 aliphatic heterocycles. The number of aliphatic hydroxyl groups is 1. The minimum atomic E-state index is -0.0150. The van der Waals surface area contributed by atoms with Gasteiger partial charge in [-0.2, -0.15) is 0 Å². The summed E-state index contributed by atoms with van der Waals surface area (Å²) in [5, 5.41) is 9.64. The number of hydrogen-bond donors (Lipinski definition) is 1. The van der Waals surface area contributed by atoms with Crippen LogP contribution >= 0.6 is 0 Å². The Balaban J connectivity index is 0. The molecule has 1 aliphatic rings. The highest BCUT2D eigenvalue weighted by Gasteiger charge is 2.26. The van der Waals surface area contributed by atoms with E-state index in [1.165, 1.54) is 19.3 Å². The lowest BCUT2D eigenvalue weighted by molar-refractivity contribution is 0.0237. The van der Waals surface area contributed by atoms with Crippen LogP contribution in [0.3, 0.4) is 0 Å². The zero-order valence-electron chi connectivity index (χ0n) is 11.0. The second-order valence-electron chi connectivity index (χ2n) is 3.57. The summed E-state index contributed by atoms with van der Waals surface area (Å²) < 4.78 is 0. The van der Waals surface area contributed by atoms with Crippen molar-refractivity contribution < 1.29 is 5.11 Å². The molecule has 0 radical (unpaired) electrons. The molecule has 0 heterocycles. The first-order valence-electron chi connectivity index (χ1n) is 6.43. The van der Waals surface area contributed by atoms with Gasteiger partial charge < -0.3 is 5.11 Å². The first-order valence-corrected chi connectivity index (χ1v) is 6.43. The topological polar surface area (TPSA) is 20.2 Å². The maximum Gasteiger partial charge on any atom is 0.0593 e. The van der Waals surface area contributed by atoms with Crippen LogP contribution in [0.1, 0.15) is 67.2 Å². The van der Waals surface area contributed by atoms with E-state index in [-0.39, 0.29) is 6.10 Å². The lowest BCUT2D eigenvalue weighted by Crippen LogP contribution is -2.31. The molecule has 1 saturated carbocycles. The van der Waals surface area contributed by atoms with Crippen LogP contribution in [-0.2, 0) is 0 Å². The Hall–Kier alpha value is -0.0400. The Bertz CT molecular complexity index is 101. The van der Waals surface area contributed by atoms with Gasteiger partial charge in [0.1, 0.15) is 0 Å². The van der Waals surface area contributed by atoms with Crippen LogP contribution in [0.25, 0.3) is 0 Å². The molecule has 0 aromatic rings. The molecule has 0 saturated heterocycles. The standard InChI is InChI=1S/C9H18O.2C2H6/c1-3-8-6-4-5-7(2)9(8)10;2*1-2/h7-10H,3-6H2,1-2H3;2*1-2H3. The summed E-state index contributed by atoms with van der Waals surface area (Å²) in [6, 6.07) is 0. The maximum atomic E-state index is 9.64. The Labute approximate surface area is 90.9 Å². The highest BCUT2D eigenvalue weighted by Crippen LogP contribution is 2.30. The van der Waals surface area contributed by atoms with E-state index in [1.54, 1.807) is 0 Å². The molecule has 88 valence electrons. The molecule has 14 heavy (non-hydrogen) atoms. The maximum absolute atomic E-state index is 9.64. The van der Waals surface area contributed by atoms with Crippen molar-refractivity contribution in [1.29, 1.82) is 0 Å². The van der Waals surface area contributed by atoms with Crippen molar-refractivity contribution >= 4 is 0 Å². The van der Waals surface area contributed by atoms with E-state index in [1.807, 2.05) is 27.7 Å². The van der Waals surface area contributed by atoms with Gasteiger partial charge in [0.05, 0.1) is 6.10 Å². The first kappa shape index (κ1) is 16.4. The minimum Gasteiger partial charge on any atom is -0.393 e. The van der Waals surface area contributed by atoms with Crippen LogP contribution in [0.5, 0.6) is 0 Å². The monoisotopic (exact) mass is 202 g/mol. The Morgan fingerprint density at radius 2 is 1.57 bits per heavy atom. The Kier molecular flexibility index (Phi) is 12.9. The van der Waals surface area contributed by atoms with Gasteiger partial charge in [-0.3, -0.25) is 0 Å². The number of hydrogen-bond acceptors (Lipinski definition) is 1. The van der Waals surface area contributed by atoms with Crippen molar-refractivity contribution in [2.24, 2.45) is 11.8 Å². The van der Waals surface area contributed by atoms with Gasteiger partial charge in [-0.15, -0.1) is 0 Å². The van der Waals surface area contributed by atoms with Crippen LogP contribution in [-0.4, -0.2) is 11.2 Å². The lowest BCUT2D eigenvalue weighted by Gasteiger charge is -2.31. The molecule has 3 atom stereocenters. The normalized spacial score (nSPS) is 30.6. The molecule has 1 fully saturated rings. The molecule has 0 aromatic heterocycles. The highest BCUT2D eigenvalue weighted by atomic mass is 16.3. The fourth-order valence-corrected chi connectivity index (χ4v) is 1.95. The lowest BCUT2D eigenvalue weighted by atomic mass is 9.78. The fourth-order valence-electron chi connectivity index (χ4n) is 1.95. The Morgan fingerprint density at radius 1 is 1.07 bits per heavy atom. The van der Waals surface area contributed by atoms with E-state index < -0.39 is 0 Å². The van der Waals surface area contributed by atoms with Crippen molar-refractivity contribution in [2.45, 2.75) is 73.3 Å². The molecular formula is C13H30O. The van der Waals surface area contributed by atoms with Gasteiger partial charge >= 0.3 is 0 Å². The van der Waals surface area contributed by atoms with Gasteiger partial charge in [0.2, 0.25) is 0 Å². The molecule has 1 nitrogen and oxygen atoms in total. The van der Waals surface area contributed by atoms with E-state index >= 15 is 0 Å². The zero-order chi connectivity index (χ0) is 11.6. The quantitative estimate of drug-likeness (QED) is 0.674. The summed E-state index contributed by atoms with van der Waals surface area (Å²) >= 11 is 0. The molecule has 3 unspecified atom stereocenters. The van der Waals surface area contributed by atoms with Crippen molar-refractivity contribution in [2.75, 3.05) is 0 Å². The van der Waals surface area contributed by atoms with Crippen LogP contribution in [0.2, 0.25) is 0 Å². The van der Waals surface area contributed by atoms with Gasteiger partial charge in [0, 0.05) is 0 Å². The van der Waals surface area contributed by atoms with Gasteiger partial charge in [0.15, 0.2) is 0 Å². The van der Waals surface area contributed by atoms with Crippen LogP contribution in [0.4, 0.5) is 0 Å². The molecule has 1 N–H and O–H groups in total. The minimum absolute atomic E-state index is 0.0150. The van der Waals surface area contributed by atoms with Gasteiger partial charge in [-0.1, -0.05) is 54.4 Å². The van der Waals surface area contributed by atoms with Crippen molar-refractivity contribution in [3.63, 3.8) is 0 Å². The third kappa shape index (κ3) is 5.64. The van der Waals surface area contributed by atoms with E-state index in [4.69, 9.17) is 0 Å². The Morgan fingerprint density at radius 3 is 1.93 bits per heavy atom. The second kappa shape index (κ2) is 11.0. The van der Waals surface area contributed by atoms with E-state index in [2.05, 4.69) is 13.8 Å². The summed E-state index contributed by atoms with van der Waals surface area (Å²) in [6.07, 6.45) is 4.90. The predicted molar refractivity (Wildman–Crippen MR) is 65.5 cm³/mol. The van der Waals surface area contributed by atoms with E-state index in [9.17, 15) is 5.11 Å². The smallest absolute Gasteiger partial charge is 0.0593 e. The van der Waals surface area contributed by atoms with E-state index in [0.29, 0.717) is 11.8 Å². The third-order valence-corrected chi connectivity index (χ3v) is 2.82. The summed E-state index contributed by atoms with van der Waals surface area (Å²) in [6.45, 7) is 12.3. The fraction of sp³-hybridized carbons (Fsp3) is 1.00.